The maximum Gasteiger partial charge on any atom is 0.371 e. The number of carboxylic acids is 1. The van der Waals surface area contributed by atoms with E-state index in [1.165, 1.54) is 12.1 Å². The minimum atomic E-state index is -1.16. The molecule has 0 saturated heterocycles. The molecule has 2 N–H and O–H groups in total. The normalized spacial score (nSPS) is 10.2. The average Bonchev–Trinajstić information content (AvgIpc) is 2.78. The predicted octanol–water partition coefficient (Wildman–Crippen LogP) is 2.26. The van der Waals surface area contributed by atoms with Gasteiger partial charge in [-0.2, -0.15) is 0 Å². The van der Waals surface area contributed by atoms with Crippen LogP contribution in [0.2, 0.25) is 0 Å². The molecular formula is C12H10O5. The summed E-state index contributed by atoms with van der Waals surface area (Å²) in [5, 5.41) is 17.8. The lowest BCUT2D eigenvalue weighted by Crippen LogP contribution is -1.92. The second-order valence-electron chi connectivity index (χ2n) is 3.29. The summed E-state index contributed by atoms with van der Waals surface area (Å²) >= 11 is 0. The van der Waals surface area contributed by atoms with E-state index in [1.54, 1.807) is 24.3 Å². The van der Waals surface area contributed by atoms with Crippen LogP contribution in [0.15, 0.2) is 40.8 Å². The number of carbonyl (C=O) groups is 1. The smallest absolute Gasteiger partial charge is 0.371 e. The van der Waals surface area contributed by atoms with E-state index in [0.717, 1.165) is 0 Å². The van der Waals surface area contributed by atoms with E-state index >= 15 is 0 Å². The summed E-state index contributed by atoms with van der Waals surface area (Å²) in [4.78, 5) is 10.6. The van der Waals surface area contributed by atoms with Crippen LogP contribution in [0.4, 0.5) is 0 Å². The first-order valence-electron chi connectivity index (χ1n) is 4.90. The van der Waals surface area contributed by atoms with Crippen LogP contribution in [0.1, 0.15) is 16.1 Å². The van der Waals surface area contributed by atoms with Crippen molar-refractivity contribution in [1.29, 1.82) is 0 Å². The van der Waals surface area contributed by atoms with Gasteiger partial charge in [-0.1, -0.05) is 18.2 Å². The minimum Gasteiger partial charge on any atom is -0.475 e. The maximum absolute atomic E-state index is 10.6. The number of ether oxygens (including phenoxy) is 1. The van der Waals surface area contributed by atoms with E-state index in [-0.39, 0.29) is 18.3 Å². The van der Waals surface area contributed by atoms with E-state index in [9.17, 15) is 4.79 Å². The van der Waals surface area contributed by atoms with Crippen LogP contribution in [0.25, 0.3) is 0 Å². The first-order valence-corrected chi connectivity index (χ1v) is 4.90. The Labute approximate surface area is 96.9 Å². The number of hydrogen-bond acceptors (Lipinski definition) is 4. The van der Waals surface area contributed by atoms with Gasteiger partial charge in [-0.25, -0.2) is 4.79 Å². The molecule has 0 bridgehead atoms. The molecule has 1 heterocycles. The molecule has 2 aromatic rings. The fourth-order valence-electron chi connectivity index (χ4n) is 1.33. The van der Waals surface area contributed by atoms with Gasteiger partial charge in [-0.3, -0.25) is 0 Å². The second-order valence-corrected chi connectivity index (χ2v) is 3.29. The van der Waals surface area contributed by atoms with Gasteiger partial charge in [0.25, 0.3) is 5.95 Å². The van der Waals surface area contributed by atoms with Crippen LogP contribution < -0.4 is 4.74 Å². The van der Waals surface area contributed by atoms with Crippen molar-refractivity contribution in [3.63, 3.8) is 0 Å². The van der Waals surface area contributed by atoms with Crippen molar-refractivity contribution in [2.24, 2.45) is 0 Å². The zero-order chi connectivity index (χ0) is 12.3. The monoisotopic (exact) mass is 234 g/mol. The Hall–Kier alpha value is -2.27. The quantitative estimate of drug-likeness (QED) is 0.848. The first-order chi connectivity index (χ1) is 8.20. The third kappa shape index (κ3) is 2.46. The molecule has 0 amide bonds. The van der Waals surface area contributed by atoms with E-state index in [4.69, 9.17) is 19.4 Å². The lowest BCUT2D eigenvalue weighted by Gasteiger charge is -2.06. The largest absolute Gasteiger partial charge is 0.475 e. The van der Waals surface area contributed by atoms with Gasteiger partial charge in [0.2, 0.25) is 5.76 Å². The lowest BCUT2D eigenvalue weighted by atomic mass is 10.2. The Morgan fingerprint density at radius 2 is 2.00 bits per heavy atom. The van der Waals surface area contributed by atoms with Crippen LogP contribution in [0, 0.1) is 0 Å². The summed E-state index contributed by atoms with van der Waals surface area (Å²) in [5.74, 6) is -0.846. The standard InChI is InChI=1S/C12H10O5/c13-7-8-3-1-2-4-9(8)16-11-6-5-10(17-11)12(14)15/h1-6,13H,7H2,(H,14,15). The van der Waals surface area contributed by atoms with Crippen LogP contribution in [-0.2, 0) is 6.61 Å². The molecule has 0 aliphatic rings. The van der Waals surface area contributed by atoms with Crippen molar-refractivity contribution in [1.82, 2.24) is 0 Å². The number of aliphatic hydroxyl groups excluding tert-OH is 1. The predicted molar refractivity (Wildman–Crippen MR) is 58.1 cm³/mol. The summed E-state index contributed by atoms with van der Waals surface area (Å²) in [6.07, 6.45) is 0. The molecule has 0 spiro atoms. The van der Waals surface area contributed by atoms with Crippen molar-refractivity contribution in [3.8, 4) is 11.7 Å². The second kappa shape index (κ2) is 4.71. The molecule has 1 aromatic carbocycles. The molecular weight excluding hydrogens is 224 g/mol. The van der Waals surface area contributed by atoms with Gasteiger partial charge in [0, 0.05) is 11.6 Å². The third-order valence-electron chi connectivity index (χ3n) is 2.15. The highest BCUT2D eigenvalue weighted by Crippen LogP contribution is 2.26. The van der Waals surface area contributed by atoms with Crippen molar-refractivity contribution >= 4 is 5.97 Å². The molecule has 2 rings (SSSR count). The molecule has 0 unspecified atom stereocenters. The fraction of sp³-hybridized carbons (Fsp3) is 0.0833. The van der Waals surface area contributed by atoms with Gasteiger partial charge in [0.05, 0.1) is 6.61 Å². The number of rotatable bonds is 4. The minimum absolute atomic E-state index is 0.0725. The Kier molecular flexibility index (Phi) is 3.11. The van der Waals surface area contributed by atoms with E-state index < -0.39 is 5.97 Å². The summed E-state index contributed by atoms with van der Waals surface area (Å²) in [6.45, 7) is -0.164. The lowest BCUT2D eigenvalue weighted by molar-refractivity contribution is 0.0657. The van der Waals surface area contributed by atoms with Gasteiger partial charge in [0.1, 0.15) is 5.75 Å². The van der Waals surface area contributed by atoms with Crippen molar-refractivity contribution in [2.45, 2.75) is 6.61 Å². The molecule has 0 fully saturated rings. The molecule has 0 atom stereocenters. The van der Waals surface area contributed by atoms with Crippen molar-refractivity contribution in [3.05, 3.63) is 47.7 Å². The van der Waals surface area contributed by atoms with E-state index in [2.05, 4.69) is 0 Å². The molecule has 1 aromatic heterocycles. The Morgan fingerprint density at radius 3 is 2.65 bits per heavy atom. The number of furan rings is 1. The Morgan fingerprint density at radius 1 is 1.24 bits per heavy atom. The average molecular weight is 234 g/mol. The maximum atomic E-state index is 10.6. The number of carboxylic acid groups (broad SMARTS) is 1. The van der Waals surface area contributed by atoms with Crippen LogP contribution in [0.5, 0.6) is 11.7 Å². The summed E-state index contributed by atoms with van der Waals surface area (Å²) in [7, 11) is 0. The van der Waals surface area contributed by atoms with Gasteiger partial charge in [0.15, 0.2) is 0 Å². The zero-order valence-corrected chi connectivity index (χ0v) is 8.79. The highest BCUT2D eigenvalue weighted by Gasteiger charge is 2.11. The summed E-state index contributed by atoms with van der Waals surface area (Å²) in [5.41, 5.74) is 0.598. The molecule has 0 aliphatic heterocycles. The number of aliphatic hydroxyl groups is 1. The highest BCUT2D eigenvalue weighted by molar-refractivity contribution is 5.84. The Balaban J connectivity index is 2.22. The SMILES string of the molecule is O=C(O)c1ccc(Oc2ccccc2CO)o1. The zero-order valence-electron chi connectivity index (χ0n) is 8.79. The fourth-order valence-corrected chi connectivity index (χ4v) is 1.33. The molecule has 88 valence electrons. The summed E-state index contributed by atoms with van der Waals surface area (Å²) in [6, 6.07) is 9.60. The van der Waals surface area contributed by atoms with Crippen LogP contribution >= 0.6 is 0 Å². The molecule has 0 aliphatic carbocycles. The van der Waals surface area contributed by atoms with E-state index in [1.807, 2.05) is 0 Å². The number of benzene rings is 1. The topological polar surface area (TPSA) is 79.9 Å². The van der Waals surface area contributed by atoms with Gasteiger partial charge >= 0.3 is 5.97 Å². The molecule has 0 saturated carbocycles. The number of aromatic carboxylic acids is 1. The molecule has 0 radical (unpaired) electrons. The van der Waals surface area contributed by atoms with Crippen molar-refractivity contribution < 1.29 is 24.2 Å². The number of para-hydroxylation sites is 1. The third-order valence-corrected chi connectivity index (χ3v) is 2.15. The van der Waals surface area contributed by atoms with Gasteiger partial charge in [-0.05, 0) is 12.1 Å². The van der Waals surface area contributed by atoms with Gasteiger partial charge < -0.3 is 19.4 Å². The van der Waals surface area contributed by atoms with Crippen LogP contribution in [-0.4, -0.2) is 16.2 Å². The number of hydrogen-bond donors (Lipinski definition) is 2. The summed E-state index contributed by atoms with van der Waals surface area (Å²) < 4.78 is 10.3. The highest BCUT2D eigenvalue weighted by atomic mass is 16.6. The van der Waals surface area contributed by atoms with E-state index in [0.29, 0.717) is 11.3 Å². The molecule has 17 heavy (non-hydrogen) atoms. The Bertz CT molecular complexity index is 529. The van der Waals surface area contributed by atoms with Crippen molar-refractivity contribution in [2.75, 3.05) is 0 Å². The molecule has 5 heteroatoms. The first kappa shape index (κ1) is 11.2. The molecule has 5 nitrogen and oxygen atoms in total. The van der Waals surface area contributed by atoms with Crippen LogP contribution in [0.3, 0.4) is 0 Å². The van der Waals surface area contributed by atoms with Gasteiger partial charge in [-0.15, -0.1) is 0 Å².